The van der Waals surface area contributed by atoms with E-state index in [0.29, 0.717) is 27.5 Å². The highest BCUT2D eigenvalue weighted by Gasteiger charge is 2.51. The van der Waals surface area contributed by atoms with Gasteiger partial charge in [-0.1, -0.05) is 24.3 Å². The maximum Gasteiger partial charge on any atom is 0.231 e. The Bertz CT molecular complexity index is 998. The van der Waals surface area contributed by atoms with E-state index in [9.17, 15) is 19.6 Å². The lowest BCUT2D eigenvalue weighted by Crippen LogP contribution is -2.48. The average molecular weight is 396 g/mol. The minimum Gasteiger partial charge on any atom is -0.497 e. The summed E-state index contributed by atoms with van der Waals surface area (Å²) in [5.74, 6) is -0.223. The van der Waals surface area contributed by atoms with Crippen LogP contribution in [0.5, 0.6) is 5.75 Å². The predicted octanol–water partition coefficient (Wildman–Crippen LogP) is 3.48. The van der Waals surface area contributed by atoms with Crippen LogP contribution in [0.2, 0.25) is 0 Å². The summed E-state index contributed by atoms with van der Waals surface area (Å²) in [7, 11) is 1.55. The van der Waals surface area contributed by atoms with E-state index in [0.717, 1.165) is 0 Å². The number of rotatable bonds is 3. The first kappa shape index (κ1) is 18.5. The standard InChI is InChI=1S/C21H17FN2O3S/c1-27-16-8-4-14(5-9-16)21(26)12-28-20-18(11-23)17(10-19(25)24(20)21)13-2-6-15(22)7-3-13/h2-9,17,26H,10,12H2,1H3/t17-,21-/m0/s1. The van der Waals surface area contributed by atoms with Crippen LogP contribution < -0.4 is 4.74 Å². The monoisotopic (exact) mass is 396 g/mol. The van der Waals surface area contributed by atoms with Crippen LogP contribution in [0.15, 0.2) is 59.1 Å². The van der Waals surface area contributed by atoms with E-state index < -0.39 is 11.6 Å². The van der Waals surface area contributed by atoms with Crippen LogP contribution in [-0.2, 0) is 10.5 Å². The van der Waals surface area contributed by atoms with Gasteiger partial charge in [-0.2, -0.15) is 5.26 Å². The van der Waals surface area contributed by atoms with Crippen molar-refractivity contribution in [3.63, 3.8) is 0 Å². The molecule has 0 spiro atoms. The zero-order valence-electron chi connectivity index (χ0n) is 15.1. The zero-order valence-corrected chi connectivity index (χ0v) is 15.9. The molecule has 0 unspecified atom stereocenters. The number of amides is 1. The van der Waals surface area contributed by atoms with Crippen LogP contribution in [0, 0.1) is 17.1 Å². The van der Waals surface area contributed by atoms with Gasteiger partial charge in [0.05, 0.1) is 29.5 Å². The van der Waals surface area contributed by atoms with Crippen LogP contribution in [0.1, 0.15) is 23.5 Å². The SMILES string of the molecule is COc1ccc([C@@]2(O)CSC3=C(C#N)[C@H](c4ccc(F)cc4)CC(=O)N32)cc1. The van der Waals surface area contributed by atoms with E-state index in [1.54, 1.807) is 43.5 Å². The quantitative estimate of drug-likeness (QED) is 0.860. The van der Waals surface area contributed by atoms with Crippen molar-refractivity contribution >= 4 is 17.7 Å². The lowest BCUT2D eigenvalue weighted by Gasteiger charge is -2.38. The molecule has 4 rings (SSSR count). The fraction of sp³-hybridized carbons (Fsp3) is 0.238. The number of fused-ring (bicyclic) bond motifs is 1. The third-order valence-electron chi connectivity index (χ3n) is 5.14. The summed E-state index contributed by atoms with van der Waals surface area (Å²) >= 11 is 1.28. The normalized spacial score (nSPS) is 24.1. The van der Waals surface area contributed by atoms with Crippen molar-refractivity contribution in [2.45, 2.75) is 18.1 Å². The van der Waals surface area contributed by atoms with Crippen molar-refractivity contribution < 1.29 is 19.0 Å². The molecule has 0 bridgehead atoms. The molecule has 28 heavy (non-hydrogen) atoms. The highest BCUT2D eigenvalue weighted by molar-refractivity contribution is 8.03. The molecule has 0 radical (unpaired) electrons. The predicted molar refractivity (Wildman–Crippen MR) is 103 cm³/mol. The van der Waals surface area contributed by atoms with E-state index in [2.05, 4.69) is 6.07 Å². The third kappa shape index (κ3) is 2.86. The van der Waals surface area contributed by atoms with Gasteiger partial charge in [0.25, 0.3) is 0 Å². The van der Waals surface area contributed by atoms with Crippen molar-refractivity contribution in [2.24, 2.45) is 0 Å². The molecule has 0 saturated carbocycles. The van der Waals surface area contributed by atoms with Crippen molar-refractivity contribution in [3.05, 3.63) is 76.1 Å². The highest BCUT2D eigenvalue weighted by Crippen LogP contribution is 2.51. The molecule has 142 valence electrons. The van der Waals surface area contributed by atoms with Crippen molar-refractivity contribution in [1.29, 1.82) is 5.26 Å². The molecule has 1 amide bonds. The number of aliphatic hydroxyl groups is 1. The number of allylic oxidation sites excluding steroid dienone is 1. The Morgan fingerprint density at radius 2 is 1.93 bits per heavy atom. The molecule has 0 aromatic heterocycles. The van der Waals surface area contributed by atoms with E-state index in [1.807, 2.05) is 0 Å². The van der Waals surface area contributed by atoms with E-state index >= 15 is 0 Å². The van der Waals surface area contributed by atoms with Gasteiger partial charge in [0, 0.05) is 17.9 Å². The van der Waals surface area contributed by atoms with Crippen molar-refractivity contribution in [1.82, 2.24) is 4.90 Å². The Labute approximate surface area is 166 Å². The molecule has 2 atom stereocenters. The van der Waals surface area contributed by atoms with Crippen LogP contribution in [0.25, 0.3) is 0 Å². The lowest BCUT2D eigenvalue weighted by molar-refractivity contribution is -0.149. The summed E-state index contributed by atoms with van der Waals surface area (Å²) in [4.78, 5) is 14.3. The number of hydrogen-bond donors (Lipinski definition) is 1. The first-order valence-corrected chi connectivity index (χ1v) is 9.69. The fourth-order valence-corrected chi connectivity index (χ4v) is 5.04. The largest absolute Gasteiger partial charge is 0.497 e. The lowest BCUT2D eigenvalue weighted by atomic mass is 9.85. The van der Waals surface area contributed by atoms with Gasteiger partial charge in [0.1, 0.15) is 11.6 Å². The number of benzene rings is 2. The molecule has 1 fully saturated rings. The van der Waals surface area contributed by atoms with Crippen molar-refractivity contribution in [3.8, 4) is 11.8 Å². The van der Waals surface area contributed by atoms with E-state index in [4.69, 9.17) is 4.74 Å². The van der Waals surface area contributed by atoms with Crippen LogP contribution >= 0.6 is 11.8 Å². The second-order valence-corrected chi connectivity index (χ2v) is 7.67. The molecule has 1 saturated heterocycles. The molecule has 2 heterocycles. The summed E-state index contributed by atoms with van der Waals surface area (Å²) < 4.78 is 18.4. The number of ether oxygens (including phenoxy) is 1. The fourth-order valence-electron chi connectivity index (χ4n) is 3.68. The number of nitriles is 1. The zero-order chi connectivity index (χ0) is 19.9. The van der Waals surface area contributed by atoms with Gasteiger partial charge < -0.3 is 9.84 Å². The summed E-state index contributed by atoms with van der Waals surface area (Å²) in [5.41, 5.74) is 0.153. The van der Waals surface area contributed by atoms with Crippen molar-refractivity contribution in [2.75, 3.05) is 12.9 Å². The Kier molecular flexibility index (Phi) is 4.61. The molecule has 0 aliphatic carbocycles. The number of methoxy groups -OCH3 is 1. The number of thioether (sulfide) groups is 1. The molecule has 5 nitrogen and oxygen atoms in total. The van der Waals surface area contributed by atoms with Gasteiger partial charge in [0.2, 0.25) is 5.91 Å². The minimum absolute atomic E-state index is 0.0387. The number of halogens is 1. The second kappa shape index (κ2) is 6.97. The van der Waals surface area contributed by atoms with Gasteiger partial charge >= 0.3 is 0 Å². The molecular weight excluding hydrogens is 379 g/mol. The Hall–Kier alpha value is -2.82. The summed E-state index contributed by atoms with van der Waals surface area (Å²) in [6.07, 6.45) is 0.0387. The maximum atomic E-state index is 13.3. The topological polar surface area (TPSA) is 73.6 Å². The maximum absolute atomic E-state index is 13.3. The number of nitrogens with zero attached hydrogens (tertiary/aromatic N) is 2. The van der Waals surface area contributed by atoms with Crippen LogP contribution in [0.3, 0.4) is 0 Å². The summed E-state index contributed by atoms with van der Waals surface area (Å²) in [5, 5.41) is 21.6. The number of carbonyl (C=O) groups is 1. The first-order valence-electron chi connectivity index (χ1n) is 8.70. The van der Waals surface area contributed by atoms with E-state index in [-0.39, 0.29) is 23.9 Å². The van der Waals surface area contributed by atoms with Gasteiger partial charge in [-0.05, 0) is 29.8 Å². The number of hydrogen-bond acceptors (Lipinski definition) is 5. The number of carbonyl (C=O) groups excluding carboxylic acids is 1. The molecule has 7 heteroatoms. The van der Waals surface area contributed by atoms with Crippen LogP contribution in [0.4, 0.5) is 4.39 Å². The van der Waals surface area contributed by atoms with Gasteiger partial charge in [-0.25, -0.2) is 4.39 Å². The molecule has 2 aromatic rings. The average Bonchev–Trinajstić information content (AvgIpc) is 3.08. The van der Waals surface area contributed by atoms with Gasteiger partial charge in [0.15, 0.2) is 5.72 Å². The Morgan fingerprint density at radius 3 is 2.54 bits per heavy atom. The molecular formula is C21H17FN2O3S. The first-order chi connectivity index (χ1) is 13.5. The van der Waals surface area contributed by atoms with Crippen LogP contribution in [-0.4, -0.2) is 28.8 Å². The third-order valence-corrected chi connectivity index (χ3v) is 6.36. The Balaban J connectivity index is 1.77. The Morgan fingerprint density at radius 1 is 1.25 bits per heavy atom. The summed E-state index contributed by atoms with van der Waals surface area (Å²) in [6.45, 7) is 0. The van der Waals surface area contributed by atoms with Gasteiger partial charge in [-0.3, -0.25) is 9.69 Å². The second-order valence-electron chi connectivity index (χ2n) is 6.70. The summed E-state index contributed by atoms with van der Waals surface area (Å²) in [6, 6.07) is 14.9. The molecule has 2 aliphatic rings. The van der Waals surface area contributed by atoms with E-state index in [1.165, 1.54) is 28.8 Å². The minimum atomic E-state index is -1.53. The molecule has 2 aliphatic heterocycles. The van der Waals surface area contributed by atoms with Gasteiger partial charge in [-0.15, -0.1) is 11.8 Å². The molecule has 2 aromatic carbocycles. The highest BCUT2D eigenvalue weighted by atomic mass is 32.2. The smallest absolute Gasteiger partial charge is 0.231 e. The molecule has 1 N–H and O–H groups in total.